The number of furan rings is 1. The van der Waals surface area contributed by atoms with Gasteiger partial charge in [0.2, 0.25) is 5.95 Å². The average Bonchev–Trinajstić information content (AvgIpc) is 3.17. The van der Waals surface area contributed by atoms with Crippen molar-refractivity contribution in [1.82, 2.24) is 9.97 Å². The van der Waals surface area contributed by atoms with Crippen LogP contribution in [-0.4, -0.2) is 21.6 Å². The van der Waals surface area contributed by atoms with Gasteiger partial charge in [-0.1, -0.05) is 0 Å². The van der Waals surface area contributed by atoms with E-state index in [0.717, 1.165) is 27.9 Å². The van der Waals surface area contributed by atoms with Crippen LogP contribution in [0.25, 0.3) is 10.6 Å². The number of hydrogen-bond acceptors (Lipinski definition) is 6. The number of nitrogens with zero attached hydrogens (tertiary/aromatic N) is 2. The van der Waals surface area contributed by atoms with Gasteiger partial charge in [-0.15, -0.1) is 11.3 Å². The first-order valence-corrected chi connectivity index (χ1v) is 7.07. The molecule has 0 fully saturated rings. The zero-order valence-electron chi connectivity index (χ0n) is 10.9. The fourth-order valence-electron chi connectivity index (χ4n) is 1.78. The van der Waals surface area contributed by atoms with E-state index in [9.17, 15) is 9.50 Å². The molecule has 0 spiro atoms. The molecule has 0 aromatic carbocycles. The second-order valence-electron chi connectivity index (χ2n) is 4.30. The van der Waals surface area contributed by atoms with Gasteiger partial charge >= 0.3 is 0 Å². The molecule has 0 aliphatic carbocycles. The summed E-state index contributed by atoms with van der Waals surface area (Å²) in [7, 11) is 0. The Balaban J connectivity index is 1.63. The van der Waals surface area contributed by atoms with Gasteiger partial charge in [0, 0.05) is 11.4 Å². The van der Waals surface area contributed by atoms with Crippen LogP contribution < -0.4 is 5.32 Å². The number of nitrogens with one attached hydrogen (secondary N) is 1. The van der Waals surface area contributed by atoms with Crippen molar-refractivity contribution in [2.75, 3.05) is 11.9 Å². The monoisotopic (exact) mass is 305 g/mol. The minimum absolute atomic E-state index is 0.240. The van der Waals surface area contributed by atoms with Gasteiger partial charge in [-0.05, 0) is 24.3 Å². The van der Waals surface area contributed by atoms with E-state index in [1.54, 1.807) is 6.26 Å². The van der Waals surface area contributed by atoms with Crippen LogP contribution in [0.1, 0.15) is 11.0 Å². The first kappa shape index (κ1) is 13.7. The Hall–Kier alpha value is -2.25. The first-order chi connectivity index (χ1) is 10.2. The number of thiophene rings is 1. The highest BCUT2D eigenvalue weighted by atomic mass is 32.1. The van der Waals surface area contributed by atoms with E-state index in [4.69, 9.17) is 4.42 Å². The maximum atomic E-state index is 12.7. The summed E-state index contributed by atoms with van der Waals surface area (Å²) in [6.45, 7) is 0.240. The molecule has 3 rings (SSSR count). The molecule has 0 saturated carbocycles. The van der Waals surface area contributed by atoms with Gasteiger partial charge < -0.3 is 14.8 Å². The normalized spacial score (nSPS) is 12.3. The van der Waals surface area contributed by atoms with Gasteiger partial charge in [0.15, 0.2) is 5.82 Å². The summed E-state index contributed by atoms with van der Waals surface area (Å²) in [6, 6.07) is 7.43. The van der Waals surface area contributed by atoms with E-state index in [-0.39, 0.29) is 12.5 Å². The predicted octanol–water partition coefficient (Wildman–Crippen LogP) is 3.08. The smallest absolute Gasteiger partial charge is 0.222 e. The zero-order chi connectivity index (χ0) is 14.7. The van der Waals surface area contributed by atoms with Gasteiger partial charge in [0.25, 0.3) is 0 Å². The molecule has 2 N–H and O–H groups in total. The van der Waals surface area contributed by atoms with E-state index in [0.29, 0.717) is 0 Å². The van der Waals surface area contributed by atoms with Crippen molar-refractivity contribution in [3.8, 4) is 10.6 Å². The lowest BCUT2D eigenvalue weighted by Gasteiger charge is -2.09. The fraction of sp³-hybridized carbons (Fsp3) is 0.143. The molecule has 0 bridgehead atoms. The van der Waals surface area contributed by atoms with Crippen molar-refractivity contribution in [3.05, 3.63) is 53.6 Å². The van der Waals surface area contributed by atoms with E-state index in [1.165, 1.54) is 11.3 Å². The summed E-state index contributed by atoms with van der Waals surface area (Å²) < 4.78 is 18.0. The highest BCUT2D eigenvalue weighted by molar-refractivity contribution is 7.15. The largest absolute Gasteiger partial charge is 0.464 e. The number of aliphatic hydroxyl groups is 1. The summed E-state index contributed by atoms with van der Waals surface area (Å²) in [4.78, 5) is 9.29. The minimum Gasteiger partial charge on any atom is -0.464 e. The first-order valence-electron chi connectivity index (χ1n) is 6.25. The van der Waals surface area contributed by atoms with Crippen LogP contribution in [0, 0.1) is 5.82 Å². The maximum absolute atomic E-state index is 12.7. The number of aromatic nitrogens is 2. The lowest BCUT2D eigenvalue weighted by molar-refractivity contribution is 0.195. The van der Waals surface area contributed by atoms with Crippen molar-refractivity contribution < 1.29 is 13.9 Å². The molecule has 0 saturated heterocycles. The number of hydrogen-bond donors (Lipinski definition) is 2. The summed E-state index contributed by atoms with van der Waals surface area (Å²) in [5.41, 5.74) is 0. The molecule has 0 amide bonds. The summed E-state index contributed by atoms with van der Waals surface area (Å²) in [5.74, 6) is 0.550. The van der Waals surface area contributed by atoms with E-state index in [1.807, 2.05) is 24.3 Å². The lowest BCUT2D eigenvalue weighted by atomic mass is 10.3. The zero-order valence-corrected chi connectivity index (χ0v) is 11.7. The molecule has 3 heterocycles. The predicted molar refractivity (Wildman–Crippen MR) is 77.5 cm³/mol. The Bertz CT molecular complexity index is 697. The van der Waals surface area contributed by atoms with Crippen molar-refractivity contribution in [3.63, 3.8) is 0 Å². The van der Waals surface area contributed by atoms with E-state index < -0.39 is 11.9 Å². The number of halogens is 1. The third-order valence-electron chi connectivity index (χ3n) is 2.79. The van der Waals surface area contributed by atoms with E-state index in [2.05, 4.69) is 15.3 Å². The van der Waals surface area contributed by atoms with Crippen LogP contribution in [0.3, 0.4) is 0 Å². The van der Waals surface area contributed by atoms with Crippen molar-refractivity contribution in [1.29, 1.82) is 0 Å². The molecule has 7 heteroatoms. The quantitative estimate of drug-likeness (QED) is 0.758. The number of anilines is 1. The SMILES string of the molecule is OC(CNc1ncc(F)cn1)c1ccc(-c2ccco2)s1. The van der Waals surface area contributed by atoms with Crippen LogP contribution in [-0.2, 0) is 0 Å². The fourth-order valence-corrected chi connectivity index (χ4v) is 2.74. The van der Waals surface area contributed by atoms with Gasteiger partial charge in [-0.3, -0.25) is 0 Å². The molecule has 5 nitrogen and oxygen atoms in total. The Morgan fingerprint density at radius 3 is 2.81 bits per heavy atom. The number of aliphatic hydroxyl groups excluding tert-OH is 1. The van der Waals surface area contributed by atoms with Gasteiger partial charge in [-0.2, -0.15) is 0 Å². The van der Waals surface area contributed by atoms with Crippen LogP contribution in [0.4, 0.5) is 10.3 Å². The molecule has 108 valence electrons. The van der Waals surface area contributed by atoms with Crippen molar-refractivity contribution in [2.45, 2.75) is 6.10 Å². The maximum Gasteiger partial charge on any atom is 0.222 e. The summed E-state index contributed by atoms with van der Waals surface area (Å²) >= 11 is 1.45. The van der Waals surface area contributed by atoms with Crippen molar-refractivity contribution >= 4 is 17.3 Å². The molecular formula is C14H12FN3O2S. The summed E-state index contributed by atoms with van der Waals surface area (Å²) in [5, 5.41) is 13.0. The Labute approximate surface area is 124 Å². The van der Waals surface area contributed by atoms with Crippen LogP contribution in [0.2, 0.25) is 0 Å². The molecule has 0 radical (unpaired) electrons. The second-order valence-corrected chi connectivity index (χ2v) is 5.42. The second kappa shape index (κ2) is 6.02. The highest BCUT2D eigenvalue weighted by Crippen LogP contribution is 2.31. The minimum atomic E-state index is -0.702. The van der Waals surface area contributed by atoms with Crippen LogP contribution in [0.15, 0.2) is 47.3 Å². The molecule has 21 heavy (non-hydrogen) atoms. The topological polar surface area (TPSA) is 71.2 Å². The molecular weight excluding hydrogens is 293 g/mol. The Morgan fingerprint density at radius 1 is 1.29 bits per heavy atom. The average molecular weight is 305 g/mol. The molecule has 1 atom stereocenters. The standard InChI is InChI=1S/C14H12FN3O2S/c15-9-6-16-14(17-7-9)18-8-10(19)12-3-4-13(21-12)11-2-1-5-20-11/h1-7,10,19H,8H2,(H,16,17,18). The Kier molecular flexibility index (Phi) is 3.94. The lowest BCUT2D eigenvalue weighted by Crippen LogP contribution is -2.12. The molecule has 0 aliphatic heterocycles. The van der Waals surface area contributed by atoms with Crippen molar-refractivity contribution in [2.24, 2.45) is 0 Å². The third-order valence-corrected chi connectivity index (χ3v) is 3.99. The van der Waals surface area contributed by atoms with Gasteiger partial charge in [0.05, 0.1) is 23.5 Å². The number of rotatable bonds is 5. The van der Waals surface area contributed by atoms with Gasteiger partial charge in [-0.25, -0.2) is 14.4 Å². The van der Waals surface area contributed by atoms with E-state index >= 15 is 0 Å². The summed E-state index contributed by atoms with van der Waals surface area (Å²) in [6.07, 6.45) is 3.05. The molecule has 3 aromatic rings. The van der Waals surface area contributed by atoms with Crippen LogP contribution in [0.5, 0.6) is 0 Å². The Morgan fingerprint density at radius 2 is 2.10 bits per heavy atom. The van der Waals surface area contributed by atoms with Gasteiger partial charge in [0.1, 0.15) is 11.9 Å². The van der Waals surface area contributed by atoms with Crippen LogP contribution >= 0.6 is 11.3 Å². The molecule has 0 aliphatic rings. The third kappa shape index (κ3) is 3.26. The molecule has 3 aromatic heterocycles. The highest BCUT2D eigenvalue weighted by Gasteiger charge is 2.13. The molecule has 1 unspecified atom stereocenters.